The molecule has 2 fully saturated rings. The van der Waals surface area contributed by atoms with Gasteiger partial charge in [0.15, 0.2) is 0 Å². The number of carbonyl (C=O) groups is 1. The van der Waals surface area contributed by atoms with Crippen LogP contribution in [0.1, 0.15) is 32.1 Å². The standard InChI is InChI=1S/C18H24Cl2N2O/c1-21-16-10-12(19)6-5-9-17(16)22(13-7-3-2-4-8-13)18(23)14-11-15(14)20/h2-4,7-8,12,14-17,21H,5-6,9-11H2,1H3/t12?,14-,15-,16?,17?/m1/s1. The number of carbonyl (C=O) groups excluding carboxylic acids is 1. The molecule has 0 radical (unpaired) electrons. The Morgan fingerprint density at radius 2 is 1.87 bits per heavy atom. The van der Waals surface area contributed by atoms with Crippen molar-refractivity contribution in [1.29, 1.82) is 0 Å². The molecule has 0 saturated heterocycles. The maximum absolute atomic E-state index is 13.1. The fraction of sp³-hybridized carbons (Fsp3) is 0.611. The molecule has 1 N–H and O–H groups in total. The number of para-hydroxylation sites is 1. The number of nitrogens with one attached hydrogen (secondary N) is 1. The molecule has 126 valence electrons. The van der Waals surface area contributed by atoms with Crippen LogP contribution in [0.15, 0.2) is 30.3 Å². The Morgan fingerprint density at radius 3 is 2.48 bits per heavy atom. The van der Waals surface area contributed by atoms with Crippen molar-refractivity contribution < 1.29 is 4.79 Å². The average molecular weight is 355 g/mol. The van der Waals surface area contributed by atoms with E-state index >= 15 is 0 Å². The van der Waals surface area contributed by atoms with Crippen molar-refractivity contribution >= 4 is 34.8 Å². The Kier molecular flexibility index (Phi) is 5.50. The van der Waals surface area contributed by atoms with E-state index in [2.05, 4.69) is 5.32 Å². The monoisotopic (exact) mass is 354 g/mol. The second-order valence-corrected chi connectivity index (χ2v) is 7.81. The molecule has 1 amide bonds. The second kappa shape index (κ2) is 7.42. The molecule has 2 aliphatic carbocycles. The van der Waals surface area contributed by atoms with Crippen molar-refractivity contribution in [3.63, 3.8) is 0 Å². The van der Waals surface area contributed by atoms with Crippen LogP contribution in [0.2, 0.25) is 0 Å². The molecule has 1 aromatic carbocycles. The maximum atomic E-state index is 13.1. The highest BCUT2D eigenvalue weighted by molar-refractivity contribution is 6.25. The van der Waals surface area contributed by atoms with Gasteiger partial charge in [-0.05, 0) is 51.3 Å². The summed E-state index contributed by atoms with van der Waals surface area (Å²) in [5.74, 6) is 0.124. The number of alkyl halides is 2. The summed E-state index contributed by atoms with van der Waals surface area (Å²) in [6.45, 7) is 0. The van der Waals surface area contributed by atoms with E-state index < -0.39 is 0 Å². The Hall–Kier alpha value is -0.770. The quantitative estimate of drug-likeness (QED) is 0.658. The van der Waals surface area contributed by atoms with Gasteiger partial charge in [0, 0.05) is 22.5 Å². The molecule has 5 atom stereocenters. The minimum Gasteiger partial charge on any atom is -0.315 e. The topological polar surface area (TPSA) is 32.3 Å². The lowest BCUT2D eigenvalue weighted by Gasteiger charge is -2.37. The highest BCUT2D eigenvalue weighted by Crippen LogP contribution is 2.40. The molecular weight excluding hydrogens is 331 g/mol. The van der Waals surface area contributed by atoms with Crippen molar-refractivity contribution in [2.45, 2.75) is 54.9 Å². The third-order valence-electron chi connectivity index (χ3n) is 5.00. The molecular formula is C18H24Cl2N2O. The molecule has 1 aromatic rings. The van der Waals surface area contributed by atoms with Gasteiger partial charge in [-0.15, -0.1) is 23.2 Å². The Morgan fingerprint density at radius 1 is 1.17 bits per heavy atom. The van der Waals surface area contributed by atoms with Gasteiger partial charge in [-0.2, -0.15) is 0 Å². The van der Waals surface area contributed by atoms with Gasteiger partial charge < -0.3 is 10.2 Å². The summed E-state index contributed by atoms with van der Waals surface area (Å²) in [5.41, 5.74) is 0.964. The number of hydrogen-bond donors (Lipinski definition) is 1. The van der Waals surface area contributed by atoms with Gasteiger partial charge in [0.25, 0.3) is 0 Å². The lowest BCUT2D eigenvalue weighted by atomic mass is 9.99. The summed E-state index contributed by atoms with van der Waals surface area (Å²) >= 11 is 12.6. The smallest absolute Gasteiger partial charge is 0.231 e. The van der Waals surface area contributed by atoms with Crippen LogP contribution in [0.25, 0.3) is 0 Å². The first-order chi connectivity index (χ1) is 11.1. The van der Waals surface area contributed by atoms with E-state index in [0.29, 0.717) is 0 Å². The van der Waals surface area contributed by atoms with Gasteiger partial charge in [0.05, 0.1) is 12.0 Å². The molecule has 0 bridgehead atoms. The maximum Gasteiger partial charge on any atom is 0.231 e. The summed E-state index contributed by atoms with van der Waals surface area (Å²) in [6, 6.07) is 10.3. The lowest BCUT2D eigenvalue weighted by molar-refractivity contribution is -0.120. The Bertz CT molecular complexity index is 539. The molecule has 0 aliphatic heterocycles. The number of anilines is 1. The van der Waals surface area contributed by atoms with Gasteiger partial charge in [0.1, 0.15) is 0 Å². The fourth-order valence-electron chi connectivity index (χ4n) is 3.59. The summed E-state index contributed by atoms with van der Waals surface area (Å²) in [5, 5.41) is 3.56. The van der Waals surface area contributed by atoms with Crippen LogP contribution in [0.4, 0.5) is 5.69 Å². The second-order valence-electron chi connectivity index (χ2n) is 6.63. The average Bonchev–Trinajstić information content (AvgIpc) is 3.31. The van der Waals surface area contributed by atoms with Gasteiger partial charge >= 0.3 is 0 Å². The van der Waals surface area contributed by atoms with Gasteiger partial charge in [-0.3, -0.25) is 4.79 Å². The number of nitrogens with zero attached hydrogens (tertiary/aromatic N) is 1. The number of benzene rings is 1. The first kappa shape index (κ1) is 17.1. The first-order valence-corrected chi connectivity index (χ1v) is 9.32. The molecule has 5 heteroatoms. The fourth-order valence-corrected chi connectivity index (χ4v) is 4.23. The molecule has 2 saturated carbocycles. The molecule has 3 rings (SSSR count). The number of rotatable bonds is 4. The van der Waals surface area contributed by atoms with E-state index in [-0.39, 0.29) is 34.7 Å². The van der Waals surface area contributed by atoms with Gasteiger partial charge in [-0.1, -0.05) is 18.2 Å². The van der Waals surface area contributed by atoms with E-state index in [1.165, 1.54) is 0 Å². The SMILES string of the molecule is CNC1CC(Cl)CCCC1N(C(=O)[C@@H]1C[C@H]1Cl)c1ccccc1. The van der Waals surface area contributed by atoms with Crippen molar-refractivity contribution in [3.8, 4) is 0 Å². The predicted octanol–water partition coefficient (Wildman–Crippen LogP) is 3.78. The van der Waals surface area contributed by atoms with Gasteiger partial charge in [0.2, 0.25) is 5.91 Å². The van der Waals surface area contributed by atoms with Crippen LogP contribution in [-0.4, -0.2) is 35.8 Å². The Labute approximate surface area is 148 Å². The first-order valence-electron chi connectivity index (χ1n) is 8.45. The zero-order valence-electron chi connectivity index (χ0n) is 13.4. The normalized spacial score (nSPS) is 33.8. The molecule has 2 aliphatic rings. The van der Waals surface area contributed by atoms with Crippen molar-refractivity contribution in [1.82, 2.24) is 5.32 Å². The van der Waals surface area contributed by atoms with Crippen LogP contribution in [-0.2, 0) is 4.79 Å². The molecule has 23 heavy (non-hydrogen) atoms. The number of halogens is 2. The minimum absolute atomic E-state index is 0.00620. The van der Waals surface area contributed by atoms with Gasteiger partial charge in [-0.25, -0.2) is 0 Å². The van der Waals surface area contributed by atoms with E-state index in [1.54, 1.807) is 0 Å². The van der Waals surface area contributed by atoms with Crippen LogP contribution in [0.5, 0.6) is 0 Å². The molecule has 0 spiro atoms. The van der Waals surface area contributed by atoms with Crippen molar-refractivity contribution in [2.75, 3.05) is 11.9 Å². The number of likely N-dealkylation sites (N-methyl/N-ethyl adjacent to an activating group) is 1. The minimum atomic E-state index is -0.0376. The lowest BCUT2D eigenvalue weighted by Crippen LogP contribution is -2.52. The summed E-state index contributed by atoms with van der Waals surface area (Å²) < 4.78 is 0. The van der Waals surface area contributed by atoms with E-state index in [9.17, 15) is 4.79 Å². The van der Waals surface area contributed by atoms with E-state index in [4.69, 9.17) is 23.2 Å². The zero-order valence-corrected chi connectivity index (χ0v) is 14.9. The molecule has 0 heterocycles. The van der Waals surface area contributed by atoms with Crippen LogP contribution < -0.4 is 10.2 Å². The van der Waals surface area contributed by atoms with Crippen molar-refractivity contribution in [3.05, 3.63) is 30.3 Å². The largest absolute Gasteiger partial charge is 0.315 e. The highest BCUT2D eigenvalue weighted by atomic mass is 35.5. The Balaban J connectivity index is 1.91. The van der Waals surface area contributed by atoms with E-state index in [1.807, 2.05) is 42.3 Å². The van der Waals surface area contributed by atoms with Crippen LogP contribution >= 0.6 is 23.2 Å². The molecule has 0 aromatic heterocycles. The predicted molar refractivity (Wildman–Crippen MR) is 96.4 cm³/mol. The molecule has 3 nitrogen and oxygen atoms in total. The van der Waals surface area contributed by atoms with Crippen LogP contribution in [0.3, 0.4) is 0 Å². The third kappa shape index (κ3) is 3.84. The van der Waals surface area contributed by atoms with Crippen LogP contribution in [0, 0.1) is 5.92 Å². The van der Waals surface area contributed by atoms with Crippen molar-refractivity contribution in [2.24, 2.45) is 5.92 Å². The molecule has 3 unspecified atom stereocenters. The number of hydrogen-bond acceptors (Lipinski definition) is 2. The summed E-state index contributed by atoms with van der Waals surface area (Å²) in [6.07, 6.45) is 4.69. The zero-order chi connectivity index (χ0) is 16.4. The number of amides is 1. The summed E-state index contributed by atoms with van der Waals surface area (Å²) in [7, 11) is 1.96. The van der Waals surface area contributed by atoms with E-state index in [0.717, 1.165) is 37.8 Å². The third-order valence-corrected chi connectivity index (χ3v) is 5.87. The highest BCUT2D eigenvalue weighted by Gasteiger charge is 2.46. The summed E-state index contributed by atoms with van der Waals surface area (Å²) in [4.78, 5) is 15.0.